The fraction of sp³-hybridized carbons (Fsp3) is 0.400. The van der Waals surface area contributed by atoms with Gasteiger partial charge in [-0.1, -0.05) is 43.7 Å². The van der Waals surface area contributed by atoms with Gasteiger partial charge in [0.15, 0.2) is 0 Å². The van der Waals surface area contributed by atoms with Crippen LogP contribution >= 0.6 is 0 Å². The van der Waals surface area contributed by atoms with Gasteiger partial charge >= 0.3 is 0 Å². The second-order valence-electron chi connectivity index (χ2n) is 5.03. The third-order valence-electron chi connectivity index (χ3n) is 3.24. The lowest BCUT2D eigenvalue weighted by molar-refractivity contribution is 0.524. The Morgan fingerprint density at radius 2 is 1.76 bits per heavy atom. The van der Waals surface area contributed by atoms with Crippen molar-refractivity contribution in [3.63, 3.8) is 0 Å². The van der Waals surface area contributed by atoms with E-state index in [1.807, 2.05) is 12.4 Å². The van der Waals surface area contributed by atoms with E-state index in [-0.39, 0.29) is 0 Å². The normalized spacial score (nSPS) is 13.0. The predicted molar refractivity (Wildman–Crippen MR) is 71.1 cm³/mol. The molecular formula is C15H20N2. The van der Waals surface area contributed by atoms with Crippen LogP contribution in [0.2, 0.25) is 0 Å². The van der Waals surface area contributed by atoms with E-state index in [1.165, 1.54) is 11.1 Å². The molecule has 1 unspecified atom stereocenters. The van der Waals surface area contributed by atoms with Crippen molar-refractivity contribution in [1.82, 2.24) is 9.55 Å². The number of hydrogen-bond acceptors (Lipinski definition) is 1. The number of rotatable bonds is 3. The molecule has 0 bridgehead atoms. The molecule has 0 saturated carbocycles. The van der Waals surface area contributed by atoms with Gasteiger partial charge in [-0.2, -0.15) is 0 Å². The van der Waals surface area contributed by atoms with Crippen molar-refractivity contribution in [2.45, 2.75) is 26.7 Å². The lowest BCUT2D eigenvalue weighted by Gasteiger charge is -2.21. The molecule has 2 nitrogen and oxygen atoms in total. The van der Waals surface area contributed by atoms with E-state index in [4.69, 9.17) is 0 Å². The lowest BCUT2D eigenvalue weighted by atomic mass is 9.87. The molecule has 2 rings (SSSR count). The Labute approximate surface area is 103 Å². The van der Waals surface area contributed by atoms with Gasteiger partial charge in [0, 0.05) is 25.4 Å². The van der Waals surface area contributed by atoms with Gasteiger partial charge in [0.25, 0.3) is 0 Å². The highest BCUT2D eigenvalue weighted by molar-refractivity contribution is 5.29. The largest absolute Gasteiger partial charge is 0.337 e. The molecule has 2 heteroatoms. The summed E-state index contributed by atoms with van der Waals surface area (Å²) in [6.45, 7) is 6.62. The van der Waals surface area contributed by atoms with Crippen LogP contribution in [0.3, 0.4) is 0 Å². The fourth-order valence-electron chi connectivity index (χ4n) is 2.28. The maximum absolute atomic E-state index is 4.50. The van der Waals surface area contributed by atoms with Gasteiger partial charge in [-0.25, -0.2) is 4.98 Å². The summed E-state index contributed by atoms with van der Waals surface area (Å²) in [5.74, 6) is 2.05. The molecule has 2 aromatic rings. The van der Waals surface area contributed by atoms with Gasteiger partial charge in [-0.05, 0) is 18.4 Å². The highest BCUT2D eigenvalue weighted by Gasteiger charge is 2.21. The SMILES string of the molecule is Cc1ccc(C(c2nccn2C)C(C)C)cc1. The molecule has 0 N–H and O–H groups in total. The van der Waals surface area contributed by atoms with E-state index in [0.29, 0.717) is 11.8 Å². The van der Waals surface area contributed by atoms with Gasteiger partial charge in [0.05, 0.1) is 0 Å². The Morgan fingerprint density at radius 1 is 1.12 bits per heavy atom. The first-order chi connectivity index (χ1) is 8.09. The van der Waals surface area contributed by atoms with Crippen LogP contribution in [0.15, 0.2) is 36.7 Å². The molecule has 1 aromatic heterocycles. The smallest absolute Gasteiger partial charge is 0.116 e. The Balaban J connectivity index is 2.43. The molecule has 0 radical (unpaired) electrons. The van der Waals surface area contributed by atoms with Crippen molar-refractivity contribution in [2.75, 3.05) is 0 Å². The number of imidazole rings is 1. The van der Waals surface area contributed by atoms with E-state index >= 15 is 0 Å². The second kappa shape index (κ2) is 4.74. The minimum absolute atomic E-state index is 0.371. The van der Waals surface area contributed by atoms with Crippen LogP contribution in [-0.4, -0.2) is 9.55 Å². The number of aromatic nitrogens is 2. The van der Waals surface area contributed by atoms with Crippen LogP contribution in [0.25, 0.3) is 0 Å². The van der Waals surface area contributed by atoms with Crippen LogP contribution in [0, 0.1) is 12.8 Å². The van der Waals surface area contributed by atoms with Crippen molar-refractivity contribution in [1.29, 1.82) is 0 Å². The van der Waals surface area contributed by atoms with E-state index in [9.17, 15) is 0 Å². The van der Waals surface area contributed by atoms with Gasteiger partial charge in [0.1, 0.15) is 5.82 Å². The second-order valence-corrected chi connectivity index (χ2v) is 5.03. The molecule has 0 amide bonds. The molecule has 0 fully saturated rings. The molecule has 0 spiro atoms. The summed E-state index contributed by atoms with van der Waals surface area (Å²) < 4.78 is 2.12. The van der Waals surface area contributed by atoms with E-state index in [0.717, 1.165) is 5.82 Å². The number of aryl methyl sites for hydroxylation is 2. The summed E-state index contributed by atoms with van der Waals surface area (Å²) in [7, 11) is 2.06. The van der Waals surface area contributed by atoms with Crippen molar-refractivity contribution >= 4 is 0 Å². The first-order valence-electron chi connectivity index (χ1n) is 6.13. The molecule has 1 heterocycles. The molecule has 1 atom stereocenters. The van der Waals surface area contributed by atoms with Crippen molar-refractivity contribution in [3.05, 3.63) is 53.6 Å². The zero-order valence-electron chi connectivity index (χ0n) is 11.0. The fourth-order valence-corrected chi connectivity index (χ4v) is 2.28. The molecular weight excluding hydrogens is 208 g/mol. The molecule has 0 aliphatic heterocycles. The lowest BCUT2D eigenvalue weighted by Crippen LogP contribution is -2.13. The van der Waals surface area contributed by atoms with Crippen molar-refractivity contribution in [2.24, 2.45) is 13.0 Å². The van der Waals surface area contributed by atoms with Crippen LogP contribution in [0.5, 0.6) is 0 Å². The third kappa shape index (κ3) is 2.41. The maximum Gasteiger partial charge on any atom is 0.116 e. The van der Waals surface area contributed by atoms with Crippen molar-refractivity contribution in [3.8, 4) is 0 Å². The van der Waals surface area contributed by atoms with Gasteiger partial charge < -0.3 is 4.57 Å². The summed E-state index contributed by atoms with van der Waals surface area (Å²) in [5.41, 5.74) is 2.65. The molecule has 0 saturated heterocycles. The Bertz CT molecular complexity index is 480. The van der Waals surface area contributed by atoms with Crippen LogP contribution < -0.4 is 0 Å². The highest BCUT2D eigenvalue weighted by atomic mass is 15.0. The first-order valence-corrected chi connectivity index (χ1v) is 6.13. The van der Waals surface area contributed by atoms with E-state index in [2.05, 4.69) is 61.6 Å². The predicted octanol–water partition coefficient (Wildman–Crippen LogP) is 3.52. The molecule has 0 aliphatic rings. The summed E-state index contributed by atoms with van der Waals surface area (Å²) in [4.78, 5) is 4.50. The highest BCUT2D eigenvalue weighted by Crippen LogP contribution is 2.30. The Morgan fingerprint density at radius 3 is 2.24 bits per heavy atom. The Kier molecular flexibility index (Phi) is 3.32. The van der Waals surface area contributed by atoms with Gasteiger partial charge in [0.2, 0.25) is 0 Å². The average Bonchev–Trinajstić information content (AvgIpc) is 2.68. The van der Waals surface area contributed by atoms with Crippen molar-refractivity contribution < 1.29 is 0 Å². The summed E-state index contributed by atoms with van der Waals surface area (Å²) >= 11 is 0. The topological polar surface area (TPSA) is 17.8 Å². The number of benzene rings is 1. The number of nitrogens with zero attached hydrogens (tertiary/aromatic N) is 2. The van der Waals surface area contributed by atoms with E-state index < -0.39 is 0 Å². The third-order valence-corrected chi connectivity index (χ3v) is 3.24. The van der Waals surface area contributed by atoms with Gasteiger partial charge in [-0.15, -0.1) is 0 Å². The molecule has 1 aromatic carbocycles. The zero-order valence-corrected chi connectivity index (χ0v) is 11.0. The average molecular weight is 228 g/mol. The minimum atomic E-state index is 0.371. The van der Waals surface area contributed by atoms with Gasteiger partial charge in [-0.3, -0.25) is 0 Å². The Hall–Kier alpha value is -1.57. The minimum Gasteiger partial charge on any atom is -0.337 e. The quantitative estimate of drug-likeness (QED) is 0.786. The summed E-state index contributed by atoms with van der Waals surface area (Å²) in [6.07, 6.45) is 3.89. The standard InChI is InChI=1S/C15H20N2/c1-11(2)14(15-16-9-10-17(15)4)13-7-5-12(3)6-8-13/h5-11,14H,1-4H3. The monoisotopic (exact) mass is 228 g/mol. The molecule has 17 heavy (non-hydrogen) atoms. The first kappa shape index (κ1) is 11.9. The molecule has 90 valence electrons. The van der Waals surface area contributed by atoms with E-state index in [1.54, 1.807) is 0 Å². The summed E-state index contributed by atoms with van der Waals surface area (Å²) in [6, 6.07) is 8.78. The van der Waals surface area contributed by atoms with Crippen LogP contribution in [-0.2, 0) is 7.05 Å². The van der Waals surface area contributed by atoms with Crippen LogP contribution in [0.4, 0.5) is 0 Å². The number of hydrogen-bond donors (Lipinski definition) is 0. The maximum atomic E-state index is 4.50. The molecule has 0 aliphatic carbocycles. The van der Waals surface area contributed by atoms with Crippen LogP contribution in [0.1, 0.15) is 36.7 Å². The zero-order chi connectivity index (χ0) is 12.4. The summed E-state index contributed by atoms with van der Waals surface area (Å²) in [5, 5.41) is 0.